The van der Waals surface area contributed by atoms with Gasteiger partial charge >= 0.3 is 0 Å². The van der Waals surface area contributed by atoms with Crippen LogP contribution in [0.5, 0.6) is 0 Å². The van der Waals surface area contributed by atoms with Crippen LogP contribution < -0.4 is 10.5 Å². The molecule has 1 heterocycles. The topological polar surface area (TPSA) is 101 Å². The molecule has 0 atom stereocenters. The molecule has 1 aromatic heterocycles. The normalized spacial score (nSPS) is 11.0. The summed E-state index contributed by atoms with van der Waals surface area (Å²) in [4.78, 5) is 0.217. The predicted molar refractivity (Wildman–Crippen MR) is 79.7 cm³/mol. The quantitative estimate of drug-likeness (QED) is 0.716. The smallest absolute Gasteiger partial charge is 0.241 e. The fraction of sp³-hybridized carbons (Fsp3) is 0.214. The van der Waals surface area contributed by atoms with Gasteiger partial charge in [-0.25, -0.2) is 13.1 Å². The molecule has 0 fully saturated rings. The van der Waals surface area contributed by atoms with Crippen LogP contribution in [0.25, 0.3) is 0 Å². The van der Waals surface area contributed by atoms with Crippen molar-refractivity contribution in [1.82, 2.24) is 14.9 Å². The fourth-order valence-electron chi connectivity index (χ4n) is 1.75. The predicted octanol–water partition coefficient (Wildman–Crippen LogP) is 0.507. The van der Waals surface area contributed by atoms with E-state index in [1.54, 1.807) is 37.5 Å². The maximum atomic E-state index is 12.4. The number of aromatic nitrogens is 2. The van der Waals surface area contributed by atoms with Gasteiger partial charge in [0.2, 0.25) is 10.0 Å². The maximum Gasteiger partial charge on any atom is 0.241 e. The van der Waals surface area contributed by atoms with Gasteiger partial charge in [-0.1, -0.05) is 17.9 Å². The molecule has 0 aliphatic heterocycles. The number of nitrogens with two attached hydrogens (primary N) is 1. The van der Waals surface area contributed by atoms with Crippen molar-refractivity contribution in [3.05, 3.63) is 47.3 Å². The van der Waals surface area contributed by atoms with E-state index in [9.17, 15) is 8.42 Å². The molecule has 4 N–H and O–H groups in total. The molecule has 110 valence electrons. The third kappa shape index (κ3) is 3.92. The monoisotopic (exact) mass is 304 g/mol. The molecule has 0 spiro atoms. The van der Waals surface area contributed by atoms with E-state index >= 15 is 0 Å². The van der Waals surface area contributed by atoms with Gasteiger partial charge in [-0.15, -0.1) is 0 Å². The van der Waals surface area contributed by atoms with Crippen molar-refractivity contribution in [3.63, 3.8) is 0 Å². The Morgan fingerprint density at radius 1 is 1.43 bits per heavy atom. The van der Waals surface area contributed by atoms with Crippen molar-refractivity contribution in [2.45, 2.75) is 18.4 Å². The zero-order valence-electron chi connectivity index (χ0n) is 11.6. The lowest BCUT2D eigenvalue weighted by molar-refractivity contribution is 0.580. The lowest BCUT2D eigenvalue weighted by Gasteiger charge is -2.09. The first-order valence-corrected chi connectivity index (χ1v) is 7.78. The lowest BCUT2D eigenvalue weighted by atomic mass is 10.1. The first-order chi connectivity index (χ1) is 10.0. The Labute approximate surface area is 123 Å². The SMILES string of the molecule is Cc1ccc(C#CCN)cc1S(=O)(=O)NCc1cn[nH]c1. The summed E-state index contributed by atoms with van der Waals surface area (Å²) in [5, 5.41) is 6.41. The Kier molecular flexibility index (Phi) is 4.75. The first kappa shape index (κ1) is 15.3. The Morgan fingerprint density at radius 2 is 2.24 bits per heavy atom. The van der Waals surface area contributed by atoms with Crippen LogP contribution in [0.3, 0.4) is 0 Å². The van der Waals surface area contributed by atoms with Crippen molar-refractivity contribution in [2.24, 2.45) is 5.73 Å². The van der Waals surface area contributed by atoms with Gasteiger partial charge in [-0.3, -0.25) is 5.10 Å². The highest BCUT2D eigenvalue weighted by molar-refractivity contribution is 7.89. The number of rotatable bonds is 4. The molecule has 2 aromatic rings. The summed E-state index contributed by atoms with van der Waals surface area (Å²) in [5.74, 6) is 5.54. The van der Waals surface area contributed by atoms with Crippen LogP contribution in [0.4, 0.5) is 0 Å². The summed E-state index contributed by atoms with van der Waals surface area (Å²) >= 11 is 0. The highest BCUT2D eigenvalue weighted by Crippen LogP contribution is 2.17. The fourth-order valence-corrected chi connectivity index (χ4v) is 3.04. The standard InChI is InChI=1S/C14H16N4O2S/c1-11-4-5-12(3-2-6-15)7-14(11)21(19,20)18-10-13-8-16-17-9-13/h4-5,7-9,18H,6,10,15H2,1H3,(H,16,17). The molecule has 0 saturated carbocycles. The van der Waals surface area contributed by atoms with Crippen LogP contribution >= 0.6 is 0 Å². The Morgan fingerprint density at radius 3 is 2.90 bits per heavy atom. The van der Waals surface area contributed by atoms with Gasteiger partial charge in [0.05, 0.1) is 17.6 Å². The number of hydrogen-bond donors (Lipinski definition) is 3. The Hall–Kier alpha value is -2.14. The maximum absolute atomic E-state index is 12.4. The molecule has 2 rings (SSSR count). The summed E-state index contributed by atoms with van der Waals surface area (Å²) in [6.45, 7) is 2.15. The highest BCUT2D eigenvalue weighted by Gasteiger charge is 2.17. The molecule has 0 unspecified atom stereocenters. The van der Waals surface area contributed by atoms with E-state index in [2.05, 4.69) is 26.8 Å². The van der Waals surface area contributed by atoms with Crippen LogP contribution in [0.2, 0.25) is 0 Å². The van der Waals surface area contributed by atoms with Gasteiger partial charge in [0, 0.05) is 23.9 Å². The number of aryl methyl sites for hydroxylation is 1. The number of aromatic amines is 1. The molecule has 0 amide bonds. The number of benzene rings is 1. The molecular formula is C14H16N4O2S. The van der Waals surface area contributed by atoms with Gasteiger partial charge in [0.1, 0.15) is 0 Å². The van der Waals surface area contributed by atoms with E-state index in [1.165, 1.54) is 0 Å². The zero-order chi connectivity index (χ0) is 15.3. The highest BCUT2D eigenvalue weighted by atomic mass is 32.2. The van der Waals surface area contributed by atoms with Crippen LogP contribution in [0.1, 0.15) is 16.7 Å². The summed E-state index contributed by atoms with van der Waals surface area (Å²) in [5.41, 5.74) is 7.36. The molecule has 0 radical (unpaired) electrons. The number of sulfonamides is 1. The average molecular weight is 304 g/mol. The molecule has 0 saturated heterocycles. The lowest BCUT2D eigenvalue weighted by Crippen LogP contribution is -2.24. The van der Waals surface area contributed by atoms with Crippen molar-refractivity contribution in [2.75, 3.05) is 6.54 Å². The van der Waals surface area contributed by atoms with Gasteiger partial charge in [0.15, 0.2) is 0 Å². The van der Waals surface area contributed by atoms with E-state index in [1.807, 2.05) is 0 Å². The van der Waals surface area contributed by atoms with Crippen molar-refractivity contribution >= 4 is 10.0 Å². The van der Waals surface area contributed by atoms with E-state index in [-0.39, 0.29) is 18.0 Å². The van der Waals surface area contributed by atoms with Gasteiger partial charge in [0.25, 0.3) is 0 Å². The minimum absolute atomic E-state index is 0.178. The average Bonchev–Trinajstić information content (AvgIpc) is 2.97. The largest absolute Gasteiger partial charge is 0.320 e. The third-order valence-electron chi connectivity index (χ3n) is 2.83. The van der Waals surface area contributed by atoms with Crippen molar-refractivity contribution in [1.29, 1.82) is 0 Å². The zero-order valence-corrected chi connectivity index (χ0v) is 12.4. The molecule has 0 bridgehead atoms. The van der Waals surface area contributed by atoms with Gasteiger partial charge in [-0.2, -0.15) is 5.10 Å². The second-order valence-corrected chi connectivity index (χ2v) is 6.15. The summed E-state index contributed by atoms with van der Waals surface area (Å²) in [6.07, 6.45) is 3.21. The minimum Gasteiger partial charge on any atom is -0.320 e. The summed E-state index contributed by atoms with van der Waals surface area (Å²) in [6, 6.07) is 5.05. The molecule has 1 aromatic carbocycles. The minimum atomic E-state index is -3.61. The summed E-state index contributed by atoms with van der Waals surface area (Å²) < 4.78 is 27.3. The molecule has 21 heavy (non-hydrogen) atoms. The molecule has 7 heteroatoms. The first-order valence-electron chi connectivity index (χ1n) is 6.30. The van der Waals surface area contributed by atoms with Crippen molar-refractivity contribution < 1.29 is 8.42 Å². The number of nitrogens with one attached hydrogen (secondary N) is 2. The second kappa shape index (κ2) is 6.54. The Balaban J connectivity index is 2.26. The number of nitrogens with zero attached hydrogens (tertiary/aromatic N) is 1. The van der Waals surface area contributed by atoms with Gasteiger partial charge < -0.3 is 5.73 Å². The number of H-pyrrole nitrogens is 1. The van der Waals surface area contributed by atoms with Crippen LogP contribution in [0, 0.1) is 18.8 Å². The van der Waals surface area contributed by atoms with Crippen LogP contribution in [-0.2, 0) is 16.6 Å². The molecule has 6 nitrogen and oxygen atoms in total. The Bertz CT molecular complexity index is 771. The summed E-state index contributed by atoms with van der Waals surface area (Å²) in [7, 11) is -3.61. The van der Waals surface area contributed by atoms with E-state index in [0.29, 0.717) is 11.1 Å². The number of hydrogen-bond acceptors (Lipinski definition) is 4. The van der Waals surface area contributed by atoms with Gasteiger partial charge in [-0.05, 0) is 24.6 Å². The van der Waals surface area contributed by atoms with E-state index in [4.69, 9.17) is 5.73 Å². The van der Waals surface area contributed by atoms with E-state index in [0.717, 1.165) is 5.56 Å². The van der Waals surface area contributed by atoms with Crippen LogP contribution in [-0.4, -0.2) is 25.2 Å². The molecule has 0 aliphatic carbocycles. The second-order valence-electron chi connectivity index (χ2n) is 4.42. The van der Waals surface area contributed by atoms with Crippen LogP contribution in [0.15, 0.2) is 35.5 Å². The third-order valence-corrected chi connectivity index (χ3v) is 4.38. The molecular weight excluding hydrogens is 288 g/mol. The van der Waals surface area contributed by atoms with E-state index < -0.39 is 10.0 Å². The molecule has 0 aliphatic rings. The van der Waals surface area contributed by atoms with Crippen molar-refractivity contribution in [3.8, 4) is 11.8 Å².